The van der Waals surface area contributed by atoms with E-state index in [4.69, 9.17) is 0 Å². The van der Waals surface area contributed by atoms with Gasteiger partial charge in [0.1, 0.15) is 4.90 Å². The largest absolute Gasteiger partial charge is 0.243 e. The topological polar surface area (TPSA) is 46.2 Å². The van der Waals surface area contributed by atoms with Gasteiger partial charge in [-0.15, -0.1) is 0 Å². The van der Waals surface area contributed by atoms with E-state index in [2.05, 4.69) is 4.72 Å². The molecule has 2 bridgehead atoms. The molecule has 122 valence electrons. The normalized spacial score (nSPS) is 29.0. The van der Waals surface area contributed by atoms with E-state index in [0.717, 1.165) is 25.3 Å². The van der Waals surface area contributed by atoms with Gasteiger partial charge in [-0.3, -0.25) is 0 Å². The smallest absolute Gasteiger partial charge is 0.208 e. The van der Waals surface area contributed by atoms with E-state index in [-0.39, 0.29) is 12.0 Å². The molecule has 1 N–H and O–H groups in total. The average molecular weight is 333 g/mol. The maximum Gasteiger partial charge on any atom is 0.243 e. The van der Waals surface area contributed by atoms with Crippen LogP contribution in [0, 0.1) is 35.2 Å². The first-order chi connectivity index (χ1) is 10.3. The fourth-order valence-corrected chi connectivity index (χ4v) is 5.38. The van der Waals surface area contributed by atoms with Crippen molar-refractivity contribution in [3.63, 3.8) is 0 Å². The zero-order valence-electron chi connectivity index (χ0n) is 12.2. The van der Waals surface area contributed by atoms with E-state index in [0.29, 0.717) is 17.9 Å². The van der Waals surface area contributed by atoms with Gasteiger partial charge in [0, 0.05) is 6.04 Å². The van der Waals surface area contributed by atoms with Crippen molar-refractivity contribution in [2.75, 3.05) is 0 Å². The number of fused-ring (bicyclic) bond motifs is 2. The van der Waals surface area contributed by atoms with E-state index < -0.39 is 32.4 Å². The van der Waals surface area contributed by atoms with Crippen LogP contribution in [-0.4, -0.2) is 14.5 Å². The number of benzene rings is 1. The van der Waals surface area contributed by atoms with Crippen LogP contribution in [0.2, 0.25) is 0 Å². The summed E-state index contributed by atoms with van der Waals surface area (Å²) >= 11 is 0. The van der Waals surface area contributed by atoms with Crippen LogP contribution in [0.25, 0.3) is 0 Å². The molecule has 4 atom stereocenters. The molecule has 0 saturated heterocycles. The molecule has 2 aliphatic carbocycles. The molecule has 2 aliphatic rings. The van der Waals surface area contributed by atoms with E-state index in [1.807, 2.05) is 0 Å². The van der Waals surface area contributed by atoms with Crippen LogP contribution >= 0.6 is 0 Å². The third kappa shape index (κ3) is 2.65. The number of hydrogen-bond donors (Lipinski definition) is 1. The standard InChI is InChI=1S/C15H18F3NO2S/c1-8(11-7-9-2-3-10(11)6-9)19-22(20,21)13-5-4-12(16)14(17)15(13)18/h4-5,8-11,19H,2-3,6-7H2,1H3. The molecular weight excluding hydrogens is 315 g/mol. The van der Waals surface area contributed by atoms with Gasteiger partial charge in [0.2, 0.25) is 10.0 Å². The lowest BCUT2D eigenvalue weighted by Crippen LogP contribution is -2.40. The Kier molecular flexibility index (Phi) is 3.97. The lowest BCUT2D eigenvalue weighted by atomic mass is 9.84. The molecular formula is C15H18F3NO2S. The minimum absolute atomic E-state index is 0.224. The number of rotatable bonds is 4. The third-order valence-electron chi connectivity index (χ3n) is 5.07. The van der Waals surface area contributed by atoms with Crippen molar-refractivity contribution in [3.8, 4) is 0 Å². The van der Waals surface area contributed by atoms with Gasteiger partial charge >= 0.3 is 0 Å². The minimum Gasteiger partial charge on any atom is -0.208 e. The molecule has 0 aromatic heterocycles. The van der Waals surface area contributed by atoms with Crippen molar-refractivity contribution in [2.24, 2.45) is 17.8 Å². The summed E-state index contributed by atoms with van der Waals surface area (Å²) in [5, 5.41) is 0. The van der Waals surface area contributed by atoms with Crippen LogP contribution in [0.3, 0.4) is 0 Å². The first-order valence-electron chi connectivity index (χ1n) is 7.45. The monoisotopic (exact) mass is 333 g/mol. The summed E-state index contributed by atoms with van der Waals surface area (Å²) in [4.78, 5) is -0.846. The molecule has 3 nitrogen and oxygen atoms in total. The number of halogens is 3. The molecule has 1 aromatic rings. The predicted octanol–water partition coefficient (Wildman–Crippen LogP) is 3.21. The van der Waals surface area contributed by atoms with Crippen molar-refractivity contribution in [1.82, 2.24) is 4.72 Å². The second-order valence-electron chi connectivity index (χ2n) is 6.42. The summed E-state index contributed by atoms with van der Waals surface area (Å²) in [6.07, 6.45) is 4.38. The van der Waals surface area contributed by atoms with E-state index >= 15 is 0 Å². The zero-order chi connectivity index (χ0) is 16.1. The summed E-state index contributed by atoms with van der Waals surface area (Å²) in [5.74, 6) is -3.47. The molecule has 1 aromatic carbocycles. The number of nitrogens with one attached hydrogen (secondary N) is 1. The fraction of sp³-hybridized carbons (Fsp3) is 0.600. The van der Waals surface area contributed by atoms with Crippen LogP contribution in [0.15, 0.2) is 17.0 Å². The zero-order valence-corrected chi connectivity index (χ0v) is 13.0. The van der Waals surface area contributed by atoms with Crippen molar-refractivity contribution >= 4 is 10.0 Å². The lowest BCUT2D eigenvalue weighted by molar-refractivity contribution is 0.280. The molecule has 4 unspecified atom stereocenters. The molecule has 7 heteroatoms. The highest BCUT2D eigenvalue weighted by Gasteiger charge is 2.43. The van der Waals surface area contributed by atoms with Gasteiger partial charge in [0.15, 0.2) is 17.5 Å². The highest BCUT2D eigenvalue weighted by molar-refractivity contribution is 7.89. The second-order valence-corrected chi connectivity index (χ2v) is 8.10. The van der Waals surface area contributed by atoms with Crippen LogP contribution in [-0.2, 0) is 10.0 Å². The van der Waals surface area contributed by atoms with E-state index in [1.54, 1.807) is 6.92 Å². The van der Waals surface area contributed by atoms with Crippen LogP contribution in [0.4, 0.5) is 13.2 Å². The summed E-state index contributed by atoms with van der Waals surface area (Å²) in [6.45, 7) is 1.75. The summed E-state index contributed by atoms with van der Waals surface area (Å²) < 4.78 is 66.8. The Bertz CT molecular complexity index is 692. The molecule has 0 radical (unpaired) electrons. The van der Waals surface area contributed by atoms with Crippen molar-refractivity contribution in [2.45, 2.75) is 43.5 Å². The Hall–Kier alpha value is -1.08. The quantitative estimate of drug-likeness (QED) is 0.860. The summed E-state index contributed by atoms with van der Waals surface area (Å²) in [6, 6.07) is 1.02. The first kappa shape index (κ1) is 15.8. The fourth-order valence-electron chi connectivity index (χ4n) is 4.02. The Morgan fingerprint density at radius 1 is 1.14 bits per heavy atom. The molecule has 0 amide bonds. The first-order valence-corrected chi connectivity index (χ1v) is 8.93. The molecule has 0 heterocycles. The van der Waals surface area contributed by atoms with Crippen LogP contribution in [0.1, 0.15) is 32.6 Å². The van der Waals surface area contributed by atoms with Gasteiger partial charge in [0.25, 0.3) is 0 Å². The highest BCUT2D eigenvalue weighted by Crippen LogP contribution is 2.49. The summed E-state index contributed by atoms with van der Waals surface area (Å²) in [7, 11) is -4.22. The predicted molar refractivity (Wildman–Crippen MR) is 75.0 cm³/mol. The molecule has 3 rings (SSSR count). The Morgan fingerprint density at radius 3 is 2.45 bits per heavy atom. The number of sulfonamides is 1. The highest BCUT2D eigenvalue weighted by atomic mass is 32.2. The van der Waals surface area contributed by atoms with Gasteiger partial charge in [-0.05, 0) is 56.1 Å². The SMILES string of the molecule is CC(NS(=O)(=O)c1ccc(F)c(F)c1F)C1CC2CCC1C2. The third-order valence-corrected chi connectivity index (χ3v) is 6.64. The molecule has 0 spiro atoms. The van der Waals surface area contributed by atoms with Gasteiger partial charge in [0.05, 0.1) is 0 Å². The molecule has 2 fully saturated rings. The van der Waals surface area contributed by atoms with E-state index in [1.165, 1.54) is 6.42 Å². The van der Waals surface area contributed by atoms with Crippen molar-refractivity contribution in [3.05, 3.63) is 29.6 Å². The average Bonchev–Trinajstić information content (AvgIpc) is 3.06. The van der Waals surface area contributed by atoms with Crippen molar-refractivity contribution < 1.29 is 21.6 Å². The van der Waals surface area contributed by atoms with Crippen LogP contribution < -0.4 is 4.72 Å². The van der Waals surface area contributed by atoms with Gasteiger partial charge in [-0.25, -0.2) is 26.3 Å². The lowest BCUT2D eigenvalue weighted by Gasteiger charge is -2.28. The Labute approximate surface area is 128 Å². The Balaban J connectivity index is 1.80. The van der Waals surface area contributed by atoms with Gasteiger partial charge < -0.3 is 0 Å². The maximum atomic E-state index is 13.7. The molecule has 0 aliphatic heterocycles. The van der Waals surface area contributed by atoms with Crippen LogP contribution in [0.5, 0.6) is 0 Å². The van der Waals surface area contributed by atoms with E-state index in [9.17, 15) is 21.6 Å². The van der Waals surface area contributed by atoms with Crippen molar-refractivity contribution in [1.29, 1.82) is 0 Å². The maximum absolute atomic E-state index is 13.7. The Morgan fingerprint density at radius 2 is 1.86 bits per heavy atom. The minimum atomic E-state index is -4.22. The molecule has 2 saturated carbocycles. The second kappa shape index (κ2) is 5.53. The number of hydrogen-bond acceptors (Lipinski definition) is 2. The molecule has 22 heavy (non-hydrogen) atoms. The van der Waals surface area contributed by atoms with Gasteiger partial charge in [-0.2, -0.15) is 0 Å². The summed E-state index contributed by atoms with van der Waals surface area (Å²) in [5.41, 5.74) is 0. The van der Waals surface area contributed by atoms with Gasteiger partial charge in [-0.1, -0.05) is 6.42 Å².